The molecule has 3 heterocycles. The lowest BCUT2D eigenvalue weighted by atomic mass is 10.1. The number of carbonyl (C=O) groups excluding carboxylic acids is 1. The van der Waals surface area contributed by atoms with Gasteiger partial charge in [-0.2, -0.15) is 5.10 Å². The molecule has 27 heavy (non-hydrogen) atoms. The number of likely N-dealkylation sites (tertiary alicyclic amines) is 1. The largest absolute Gasteiger partial charge is 0.487 e. The van der Waals surface area contributed by atoms with E-state index in [-0.39, 0.29) is 17.8 Å². The van der Waals surface area contributed by atoms with E-state index in [4.69, 9.17) is 16.3 Å². The van der Waals surface area contributed by atoms with Crippen LogP contribution < -0.4 is 4.74 Å². The minimum atomic E-state index is -0.317. The van der Waals surface area contributed by atoms with Crippen LogP contribution in [0.4, 0.5) is 4.39 Å². The van der Waals surface area contributed by atoms with Crippen LogP contribution >= 0.6 is 11.6 Å². The van der Waals surface area contributed by atoms with Crippen molar-refractivity contribution >= 4 is 17.5 Å². The maximum atomic E-state index is 13.0. The SMILES string of the molecule is O=C(c1cc(-c2ccc(F)cc2)n[nH]1)N1CC[C@@H](Oc2ccncc2Cl)C1. The first-order valence-electron chi connectivity index (χ1n) is 8.47. The second-order valence-electron chi connectivity index (χ2n) is 6.26. The zero-order chi connectivity index (χ0) is 18.8. The Balaban J connectivity index is 1.42. The van der Waals surface area contributed by atoms with Crippen LogP contribution in [0.3, 0.4) is 0 Å². The number of nitrogens with one attached hydrogen (secondary N) is 1. The van der Waals surface area contributed by atoms with Crippen molar-refractivity contribution in [2.75, 3.05) is 13.1 Å². The lowest BCUT2D eigenvalue weighted by Crippen LogP contribution is -2.31. The number of H-pyrrole nitrogens is 1. The molecule has 1 amide bonds. The predicted molar refractivity (Wildman–Crippen MR) is 98.2 cm³/mol. The molecule has 4 rings (SSSR count). The smallest absolute Gasteiger partial charge is 0.272 e. The molecular weight excluding hydrogens is 371 g/mol. The van der Waals surface area contributed by atoms with E-state index in [1.807, 2.05) is 0 Å². The van der Waals surface area contributed by atoms with E-state index in [2.05, 4.69) is 15.2 Å². The number of aromatic nitrogens is 3. The van der Waals surface area contributed by atoms with Crippen molar-refractivity contribution in [2.45, 2.75) is 12.5 Å². The molecule has 2 aromatic heterocycles. The second-order valence-corrected chi connectivity index (χ2v) is 6.67. The Hall–Kier alpha value is -2.93. The van der Waals surface area contributed by atoms with Crippen LogP contribution in [0.1, 0.15) is 16.9 Å². The molecule has 138 valence electrons. The molecule has 0 unspecified atom stereocenters. The molecule has 0 radical (unpaired) electrons. The van der Waals surface area contributed by atoms with E-state index in [1.54, 1.807) is 35.4 Å². The highest BCUT2D eigenvalue weighted by Gasteiger charge is 2.29. The zero-order valence-corrected chi connectivity index (χ0v) is 15.0. The van der Waals surface area contributed by atoms with Crippen molar-refractivity contribution in [1.29, 1.82) is 0 Å². The van der Waals surface area contributed by atoms with Gasteiger partial charge in [-0.3, -0.25) is 14.9 Å². The van der Waals surface area contributed by atoms with Crippen LogP contribution in [0, 0.1) is 5.82 Å². The van der Waals surface area contributed by atoms with Crippen LogP contribution in [0.5, 0.6) is 5.75 Å². The summed E-state index contributed by atoms with van der Waals surface area (Å²) in [5.41, 5.74) is 1.72. The van der Waals surface area contributed by atoms with Gasteiger partial charge >= 0.3 is 0 Å². The molecule has 3 aromatic rings. The van der Waals surface area contributed by atoms with Crippen molar-refractivity contribution in [3.05, 3.63) is 65.3 Å². The van der Waals surface area contributed by atoms with Crippen LogP contribution in [0.15, 0.2) is 48.8 Å². The number of pyridine rings is 1. The fraction of sp³-hybridized carbons (Fsp3) is 0.211. The van der Waals surface area contributed by atoms with Gasteiger partial charge in [0.15, 0.2) is 0 Å². The normalized spacial score (nSPS) is 16.5. The Morgan fingerprint density at radius 1 is 1.30 bits per heavy atom. The molecule has 0 bridgehead atoms. The minimum absolute atomic E-state index is 0.131. The van der Waals surface area contributed by atoms with Gasteiger partial charge in [0.05, 0.1) is 12.2 Å². The van der Waals surface area contributed by atoms with Gasteiger partial charge < -0.3 is 9.64 Å². The number of nitrogens with zero attached hydrogens (tertiary/aromatic N) is 3. The number of hydrogen-bond acceptors (Lipinski definition) is 4. The maximum Gasteiger partial charge on any atom is 0.272 e. The average molecular weight is 387 g/mol. The summed E-state index contributed by atoms with van der Waals surface area (Å²) in [5.74, 6) is 0.0943. The second kappa shape index (κ2) is 7.36. The van der Waals surface area contributed by atoms with Crippen molar-refractivity contribution in [1.82, 2.24) is 20.1 Å². The van der Waals surface area contributed by atoms with Crippen LogP contribution in [-0.4, -0.2) is 45.2 Å². The summed E-state index contributed by atoms with van der Waals surface area (Å²) < 4.78 is 18.9. The molecule has 0 aliphatic carbocycles. The molecule has 1 fully saturated rings. The summed E-state index contributed by atoms with van der Waals surface area (Å²) in [6.07, 6.45) is 3.72. The average Bonchev–Trinajstić information content (AvgIpc) is 3.34. The number of amides is 1. The number of carbonyl (C=O) groups is 1. The maximum absolute atomic E-state index is 13.0. The zero-order valence-electron chi connectivity index (χ0n) is 14.2. The Labute approximate surface area is 159 Å². The van der Waals surface area contributed by atoms with Gasteiger partial charge in [-0.15, -0.1) is 0 Å². The number of aromatic amines is 1. The fourth-order valence-corrected chi connectivity index (χ4v) is 3.18. The summed E-state index contributed by atoms with van der Waals surface area (Å²) >= 11 is 6.06. The van der Waals surface area contributed by atoms with Crippen molar-refractivity contribution < 1.29 is 13.9 Å². The van der Waals surface area contributed by atoms with Gasteiger partial charge in [0, 0.05) is 37.0 Å². The Morgan fingerprint density at radius 2 is 2.11 bits per heavy atom. The Kier molecular flexibility index (Phi) is 4.77. The fourth-order valence-electron chi connectivity index (χ4n) is 3.02. The highest BCUT2D eigenvalue weighted by molar-refractivity contribution is 6.31. The first-order valence-corrected chi connectivity index (χ1v) is 8.85. The standard InChI is InChI=1S/C19H16ClFN4O2/c20-15-10-22-7-5-18(15)27-14-6-8-25(11-14)19(26)17-9-16(23-24-17)12-1-3-13(21)4-2-12/h1-5,7,9-10,14H,6,8,11H2,(H,23,24)/t14-/m1/s1. The first-order chi connectivity index (χ1) is 13.1. The van der Waals surface area contributed by atoms with E-state index in [0.29, 0.717) is 41.7 Å². The number of benzene rings is 1. The molecule has 1 aliphatic heterocycles. The molecule has 1 N–H and O–H groups in total. The van der Waals surface area contributed by atoms with Gasteiger partial charge in [-0.05, 0) is 30.3 Å². The first kappa shape index (κ1) is 17.5. The molecule has 0 spiro atoms. The summed E-state index contributed by atoms with van der Waals surface area (Å²) in [5, 5.41) is 7.36. The predicted octanol–water partition coefficient (Wildman–Crippen LogP) is 3.56. The molecule has 1 atom stereocenters. The third-order valence-corrected chi connectivity index (χ3v) is 4.69. The quantitative estimate of drug-likeness (QED) is 0.744. The van der Waals surface area contributed by atoms with E-state index < -0.39 is 0 Å². The highest BCUT2D eigenvalue weighted by atomic mass is 35.5. The van der Waals surface area contributed by atoms with Crippen LogP contribution in [-0.2, 0) is 0 Å². The highest BCUT2D eigenvalue weighted by Crippen LogP contribution is 2.26. The summed E-state index contributed by atoms with van der Waals surface area (Å²) in [4.78, 5) is 18.3. The third kappa shape index (κ3) is 3.78. The topological polar surface area (TPSA) is 71.1 Å². The number of halogens is 2. The Morgan fingerprint density at radius 3 is 2.89 bits per heavy atom. The number of hydrogen-bond donors (Lipinski definition) is 1. The summed E-state index contributed by atoms with van der Waals surface area (Å²) in [7, 11) is 0. The van der Waals surface area contributed by atoms with E-state index in [9.17, 15) is 9.18 Å². The van der Waals surface area contributed by atoms with Crippen molar-refractivity contribution in [2.24, 2.45) is 0 Å². The van der Waals surface area contributed by atoms with Crippen LogP contribution in [0.2, 0.25) is 5.02 Å². The van der Waals surface area contributed by atoms with Gasteiger partial charge in [-0.25, -0.2) is 4.39 Å². The molecule has 1 aromatic carbocycles. The molecule has 6 nitrogen and oxygen atoms in total. The Bertz CT molecular complexity index is 960. The number of rotatable bonds is 4. The van der Waals surface area contributed by atoms with Gasteiger partial charge in [0.25, 0.3) is 5.91 Å². The van der Waals surface area contributed by atoms with Crippen molar-refractivity contribution in [3.8, 4) is 17.0 Å². The monoisotopic (exact) mass is 386 g/mol. The summed E-state index contributed by atoms with van der Waals surface area (Å²) in [6.45, 7) is 1.04. The van der Waals surface area contributed by atoms with Crippen LogP contribution in [0.25, 0.3) is 11.3 Å². The lowest BCUT2D eigenvalue weighted by Gasteiger charge is -2.16. The molecule has 8 heteroatoms. The van der Waals surface area contributed by atoms with E-state index in [0.717, 1.165) is 5.56 Å². The number of ether oxygens (including phenoxy) is 1. The van der Waals surface area contributed by atoms with E-state index >= 15 is 0 Å². The molecular formula is C19H16ClFN4O2. The van der Waals surface area contributed by atoms with Crippen molar-refractivity contribution in [3.63, 3.8) is 0 Å². The van der Waals surface area contributed by atoms with Gasteiger partial charge in [0.1, 0.15) is 28.4 Å². The molecule has 1 saturated heterocycles. The van der Waals surface area contributed by atoms with Gasteiger partial charge in [0.2, 0.25) is 0 Å². The molecule has 0 saturated carbocycles. The lowest BCUT2D eigenvalue weighted by molar-refractivity contribution is 0.0766. The third-order valence-electron chi connectivity index (χ3n) is 4.41. The minimum Gasteiger partial charge on any atom is -0.487 e. The van der Waals surface area contributed by atoms with E-state index in [1.165, 1.54) is 18.3 Å². The van der Waals surface area contributed by atoms with Gasteiger partial charge in [-0.1, -0.05) is 11.6 Å². The summed E-state index contributed by atoms with van der Waals surface area (Å²) in [6, 6.07) is 9.34. The molecule has 1 aliphatic rings.